The summed E-state index contributed by atoms with van der Waals surface area (Å²) in [4.78, 5) is 0. The van der Waals surface area contributed by atoms with Gasteiger partial charge in [-0.1, -0.05) is 0 Å². The predicted molar refractivity (Wildman–Crippen MR) is 143 cm³/mol. The molecule has 195 valence electrons. The van der Waals surface area contributed by atoms with E-state index in [0.717, 1.165) is 53.3 Å². The Kier molecular flexibility index (Phi) is 4.93. The zero-order valence-electron chi connectivity index (χ0n) is 24.8. The summed E-state index contributed by atoms with van der Waals surface area (Å²) in [6.45, 7) is 32.8. The molecule has 0 saturated heterocycles. The topological polar surface area (TPSA) is 0 Å². The van der Waals surface area contributed by atoms with Gasteiger partial charge >= 0.3 is 218 Å². The van der Waals surface area contributed by atoms with Gasteiger partial charge in [-0.15, -0.1) is 0 Å². The Balaban J connectivity index is 1.64. The Hall–Kier alpha value is 0.532. The van der Waals surface area contributed by atoms with Crippen molar-refractivity contribution in [2.45, 2.75) is 134 Å². The maximum atomic E-state index is 2.78. The van der Waals surface area contributed by atoms with Gasteiger partial charge in [-0.3, -0.25) is 0 Å². The van der Waals surface area contributed by atoms with Crippen molar-refractivity contribution in [3.63, 3.8) is 0 Å². The van der Waals surface area contributed by atoms with Crippen LogP contribution in [0.5, 0.6) is 0 Å². The van der Waals surface area contributed by atoms with E-state index in [0.29, 0.717) is 29.1 Å². The summed E-state index contributed by atoms with van der Waals surface area (Å²) in [5.74, 6) is 8.53. The molecular formula is C33H57Cr. The molecule has 6 fully saturated rings. The maximum absolute atomic E-state index is 2.78. The SMILES string of the molecule is CC1CC2C[C]1([Cr]([C]13CC(CC1C)C(C)(C)C3C)[C]13CC(CC1C)C(C)(C)C3C)C(C)C2(C)C. The van der Waals surface area contributed by atoms with E-state index in [9.17, 15) is 0 Å². The first-order chi connectivity index (χ1) is 15.5. The first kappa shape index (κ1) is 24.8. The van der Waals surface area contributed by atoms with Crippen LogP contribution in [0.2, 0.25) is 12.8 Å². The van der Waals surface area contributed by atoms with E-state index in [1.165, 1.54) is 19.3 Å². The van der Waals surface area contributed by atoms with Crippen LogP contribution in [0.3, 0.4) is 0 Å². The number of hydrogen-bond acceptors (Lipinski definition) is 0. The van der Waals surface area contributed by atoms with E-state index >= 15 is 0 Å². The van der Waals surface area contributed by atoms with Gasteiger partial charge in [-0.05, 0) is 0 Å². The second kappa shape index (κ2) is 6.75. The summed E-state index contributed by atoms with van der Waals surface area (Å²) in [7, 11) is 0. The van der Waals surface area contributed by atoms with Crippen LogP contribution in [0.1, 0.15) is 122 Å². The van der Waals surface area contributed by atoms with Crippen molar-refractivity contribution < 1.29 is 14.1 Å². The van der Waals surface area contributed by atoms with E-state index in [2.05, 4.69) is 83.1 Å². The second-order valence-corrected chi connectivity index (χ2v) is 21.4. The third kappa shape index (κ3) is 2.34. The van der Waals surface area contributed by atoms with Gasteiger partial charge < -0.3 is 0 Å². The molecule has 6 aliphatic rings. The third-order valence-electron chi connectivity index (χ3n) is 16.0. The van der Waals surface area contributed by atoms with E-state index in [1.807, 2.05) is 0 Å². The zero-order valence-corrected chi connectivity index (χ0v) is 26.1. The second-order valence-electron chi connectivity index (χ2n) is 16.9. The molecule has 0 aromatic carbocycles. The van der Waals surface area contributed by atoms with Crippen LogP contribution < -0.4 is 0 Å². The molecule has 34 heavy (non-hydrogen) atoms. The van der Waals surface area contributed by atoms with Crippen molar-refractivity contribution in [2.24, 2.45) is 69.5 Å². The molecule has 6 bridgehead atoms. The Labute approximate surface area is 217 Å². The molecular weight excluding hydrogens is 448 g/mol. The van der Waals surface area contributed by atoms with Gasteiger partial charge in [0.25, 0.3) is 0 Å². The molecule has 6 saturated carbocycles. The van der Waals surface area contributed by atoms with Crippen LogP contribution in [0.25, 0.3) is 0 Å². The van der Waals surface area contributed by atoms with Gasteiger partial charge in [0.2, 0.25) is 0 Å². The molecule has 6 aliphatic carbocycles. The summed E-state index contributed by atoms with van der Waals surface area (Å²) in [5, 5.41) is 0. The predicted octanol–water partition coefficient (Wildman–Crippen LogP) is 10.2. The summed E-state index contributed by atoms with van der Waals surface area (Å²) < 4.78 is 2.01. The fourth-order valence-electron chi connectivity index (χ4n) is 12.8. The van der Waals surface area contributed by atoms with Crippen LogP contribution >= 0.6 is 0 Å². The molecule has 1 heteroatoms. The van der Waals surface area contributed by atoms with Gasteiger partial charge in [0, 0.05) is 0 Å². The van der Waals surface area contributed by atoms with E-state index in [1.54, 1.807) is 19.3 Å². The molecule has 0 nitrogen and oxygen atoms in total. The van der Waals surface area contributed by atoms with Crippen molar-refractivity contribution in [1.82, 2.24) is 0 Å². The van der Waals surface area contributed by atoms with Crippen molar-refractivity contribution in [1.29, 1.82) is 0 Å². The van der Waals surface area contributed by atoms with E-state index in [4.69, 9.17) is 0 Å². The summed E-state index contributed by atoms with van der Waals surface area (Å²) >= 11 is -1.05. The van der Waals surface area contributed by atoms with Crippen LogP contribution in [0.4, 0.5) is 0 Å². The normalized spacial score (nSPS) is 60.1. The molecule has 0 heterocycles. The van der Waals surface area contributed by atoms with Gasteiger partial charge in [0.1, 0.15) is 0 Å². The molecule has 6 rings (SSSR count). The zero-order chi connectivity index (χ0) is 25.0. The monoisotopic (exact) mass is 505 g/mol. The Bertz CT molecular complexity index is 769. The Morgan fingerprint density at radius 3 is 0.882 bits per heavy atom. The molecule has 0 aromatic heterocycles. The third-order valence-corrected chi connectivity index (χ3v) is 23.8. The van der Waals surface area contributed by atoms with Crippen LogP contribution in [0, 0.1) is 69.5 Å². The number of hydrogen-bond donors (Lipinski definition) is 0. The van der Waals surface area contributed by atoms with E-state index in [-0.39, 0.29) is 0 Å². The molecule has 0 aliphatic heterocycles. The van der Waals surface area contributed by atoms with Gasteiger partial charge in [-0.25, -0.2) is 0 Å². The average molecular weight is 506 g/mol. The first-order valence-electron chi connectivity index (χ1n) is 15.3. The summed E-state index contributed by atoms with van der Waals surface area (Å²) in [6.07, 6.45) is 9.42. The minimum atomic E-state index is -1.05. The van der Waals surface area contributed by atoms with Gasteiger partial charge in [0.15, 0.2) is 0 Å². The minimum absolute atomic E-state index is 0.540. The fraction of sp³-hybridized carbons (Fsp3) is 1.00. The Morgan fingerprint density at radius 2 is 0.676 bits per heavy atom. The van der Waals surface area contributed by atoms with E-state index < -0.39 is 14.1 Å². The average Bonchev–Trinajstić information content (AvgIpc) is 3.49. The molecule has 12 atom stereocenters. The molecule has 0 spiro atoms. The fourth-order valence-corrected chi connectivity index (χ4v) is 23.2. The van der Waals surface area contributed by atoms with Gasteiger partial charge in [-0.2, -0.15) is 0 Å². The standard InChI is InChI=1S/3C11H19.Cr/c3*1-7-5-9-6-10(7)8(2)11(9,3)4;/h3*7-9H,5-6H2,1-4H3;. The van der Waals surface area contributed by atoms with Crippen molar-refractivity contribution in [3.8, 4) is 0 Å². The van der Waals surface area contributed by atoms with Crippen LogP contribution in [-0.4, -0.2) is 0 Å². The molecule has 0 N–H and O–H groups in total. The number of fused-ring (bicyclic) bond motifs is 6. The Morgan fingerprint density at radius 1 is 0.441 bits per heavy atom. The molecule has 0 radical (unpaired) electrons. The van der Waals surface area contributed by atoms with Crippen molar-refractivity contribution in [2.75, 3.05) is 0 Å². The molecule has 0 aromatic rings. The number of rotatable bonds is 3. The molecule has 12 unspecified atom stereocenters. The first-order valence-corrected chi connectivity index (χ1v) is 17.2. The summed E-state index contributed by atoms with van der Waals surface area (Å²) in [5.41, 5.74) is 1.62. The summed E-state index contributed by atoms with van der Waals surface area (Å²) in [6, 6.07) is 0. The van der Waals surface area contributed by atoms with Crippen LogP contribution in [-0.2, 0) is 14.1 Å². The quantitative estimate of drug-likeness (QED) is 0.358. The molecule has 0 amide bonds. The van der Waals surface area contributed by atoms with Crippen LogP contribution in [0.15, 0.2) is 0 Å². The van der Waals surface area contributed by atoms with Crippen molar-refractivity contribution >= 4 is 0 Å². The van der Waals surface area contributed by atoms with Gasteiger partial charge in [0.05, 0.1) is 0 Å². The van der Waals surface area contributed by atoms with Crippen molar-refractivity contribution in [3.05, 3.63) is 0 Å².